The lowest BCUT2D eigenvalue weighted by Gasteiger charge is -2.03. The van der Waals surface area contributed by atoms with Crippen LogP contribution in [0.3, 0.4) is 0 Å². The lowest BCUT2D eigenvalue weighted by Crippen LogP contribution is -2.00. The van der Waals surface area contributed by atoms with Gasteiger partial charge in [0.1, 0.15) is 6.29 Å². The molecule has 0 fully saturated rings. The van der Waals surface area contributed by atoms with E-state index in [9.17, 15) is 14.9 Å². The number of aldehydes is 1. The summed E-state index contributed by atoms with van der Waals surface area (Å²) in [6.45, 7) is 0. The van der Waals surface area contributed by atoms with Crippen molar-refractivity contribution in [1.29, 1.82) is 0 Å². The Morgan fingerprint density at radius 1 is 1.38 bits per heavy atom. The average molecular weight is 220 g/mol. The van der Waals surface area contributed by atoms with Gasteiger partial charge >= 0.3 is 0 Å². The number of hydrogen-bond donors (Lipinski definition) is 0. The van der Waals surface area contributed by atoms with Crippen molar-refractivity contribution in [2.45, 2.75) is 0 Å². The topological polar surface area (TPSA) is 63.5 Å². The highest BCUT2D eigenvalue weighted by Gasteiger charge is 2.12. The zero-order valence-corrected chi connectivity index (χ0v) is 9.08. The highest BCUT2D eigenvalue weighted by Crippen LogP contribution is 2.21. The Labute approximate surface area is 93.1 Å². The van der Waals surface area contributed by atoms with E-state index < -0.39 is 4.92 Å². The molecule has 16 heavy (non-hydrogen) atoms. The summed E-state index contributed by atoms with van der Waals surface area (Å²) >= 11 is 0. The van der Waals surface area contributed by atoms with Gasteiger partial charge in [0.15, 0.2) is 0 Å². The van der Waals surface area contributed by atoms with Crippen LogP contribution in [-0.2, 0) is 0 Å². The Morgan fingerprint density at radius 3 is 2.56 bits per heavy atom. The molecule has 1 aromatic rings. The molecule has 0 N–H and O–H groups in total. The predicted octanol–water partition coefficient (Wildman–Crippen LogP) is 1.94. The Bertz CT molecular complexity index is 439. The maximum atomic E-state index is 10.8. The van der Waals surface area contributed by atoms with Crippen molar-refractivity contribution in [3.8, 4) is 0 Å². The summed E-state index contributed by atoms with van der Waals surface area (Å²) in [4.78, 5) is 22.6. The third-order valence-electron chi connectivity index (χ3n) is 1.94. The third-order valence-corrected chi connectivity index (χ3v) is 1.94. The SMILES string of the molecule is CN(C)C=Cc1ccc(C=O)cc1[N+](=O)[O-]. The number of nitrogens with zero attached hydrogens (tertiary/aromatic N) is 2. The standard InChI is InChI=1S/C11H12N2O3/c1-12(2)6-5-10-4-3-9(8-14)7-11(10)13(15)16/h3-8H,1-2H3. The molecule has 0 atom stereocenters. The zero-order chi connectivity index (χ0) is 12.1. The Balaban J connectivity index is 3.18. The molecule has 0 amide bonds. The lowest BCUT2D eigenvalue weighted by molar-refractivity contribution is -0.385. The van der Waals surface area contributed by atoms with Crippen molar-refractivity contribution >= 4 is 18.0 Å². The van der Waals surface area contributed by atoms with Gasteiger partial charge in [-0.2, -0.15) is 0 Å². The summed E-state index contributed by atoms with van der Waals surface area (Å²) in [6, 6.07) is 4.37. The Kier molecular flexibility index (Phi) is 3.77. The minimum absolute atomic E-state index is 0.0669. The van der Waals surface area contributed by atoms with Crippen molar-refractivity contribution in [2.24, 2.45) is 0 Å². The summed E-state index contributed by atoms with van der Waals surface area (Å²) < 4.78 is 0. The molecule has 0 saturated heterocycles. The highest BCUT2D eigenvalue weighted by atomic mass is 16.6. The molecule has 0 aliphatic rings. The molecule has 0 spiro atoms. The Hall–Kier alpha value is -2.17. The monoisotopic (exact) mass is 220 g/mol. The second kappa shape index (κ2) is 5.06. The number of rotatable bonds is 4. The summed E-state index contributed by atoms with van der Waals surface area (Å²) in [6.07, 6.45) is 3.93. The Morgan fingerprint density at radius 2 is 2.06 bits per heavy atom. The van der Waals surface area contributed by atoms with E-state index in [1.807, 2.05) is 14.1 Å². The molecule has 1 aromatic carbocycles. The van der Waals surface area contributed by atoms with E-state index in [2.05, 4.69) is 0 Å². The van der Waals surface area contributed by atoms with Crippen LogP contribution in [0.4, 0.5) is 5.69 Å². The van der Waals surface area contributed by atoms with Gasteiger partial charge in [0.05, 0.1) is 10.5 Å². The molecule has 0 unspecified atom stereocenters. The van der Waals surface area contributed by atoms with Gasteiger partial charge < -0.3 is 4.90 Å². The number of nitro benzene ring substituents is 1. The van der Waals surface area contributed by atoms with Crippen LogP contribution in [0.15, 0.2) is 24.4 Å². The van der Waals surface area contributed by atoms with Crippen molar-refractivity contribution in [1.82, 2.24) is 4.90 Å². The van der Waals surface area contributed by atoms with Gasteiger partial charge in [0.2, 0.25) is 0 Å². The molecule has 0 radical (unpaired) electrons. The number of nitro groups is 1. The molecule has 0 bridgehead atoms. The van der Waals surface area contributed by atoms with Gasteiger partial charge in [0.25, 0.3) is 5.69 Å². The van der Waals surface area contributed by atoms with Crippen LogP contribution in [0.5, 0.6) is 0 Å². The van der Waals surface area contributed by atoms with Crippen LogP contribution in [0.25, 0.3) is 6.08 Å². The average Bonchev–Trinajstić information content (AvgIpc) is 2.25. The first-order valence-corrected chi connectivity index (χ1v) is 4.63. The second-order valence-electron chi connectivity index (χ2n) is 3.47. The second-order valence-corrected chi connectivity index (χ2v) is 3.47. The minimum atomic E-state index is -0.498. The molecule has 0 saturated carbocycles. The van der Waals surface area contributed by atoms with E-state index in [-0.39, 0.29) is 5.69 Å². The first-order chi connectivity index (χ1) is 7.54. The van der Waals surface area contributed by atoms with Crippen molar-refractivity contribution in [2.75, 3.05) is 14.1 Å². The molecule has 5 nitrogen and oxygen atoms in total. The maximum absolute atomic E-state index is 10.8. The first-order valence-electron chi connectivity index (χ1n) is 4.63. The minimum Gasteiger partial charge on any atom is -0.383 e. The molecule has 0 aromatic heterocycles. The molecule has 0 heterocycles. The van der Waals surface area contributed by atoms with E-state index in [1.165, 1.54) is 6.07 Å². The first kappa shape index (κ1) is 11.9. The number of carbonyl (C=O) groups excluding carboxylic acids is 1. The quantitative estimate of drug-likeness (QED) is 0.442. The van der Waals surface area contributed by atoms with E-state index in [4.69, 9.17) is 0 Å². The van der Waals surface area contributed by atoms with Crippen LogP contribution < -0.4 is 0 Å². The fourth-order valence-electron chi connectivity index (χ4n) is 1.16. The summed E-state index contributed by atoms with van der Waals surface area (Å²) in [7, 11) is 3.64. The van der Waals surface area contributed by atoms with Crippen molar-refractivity contribution in [3.05, 3.63) is 45.6 Å². The van der Waals surface area contributed by atoms with Gasteiger partial charge in [-0.25, -0.2) is 0 Å². The van der Waals surface area contributed by atoms with Crippen LogP contribution in [0.1, 0.15) is 15.9 Å². The molecule has 0 aliphatic heterocycles. The van der Waals surface area contributed by atoms with Gasteiger partial charge in [-0.1, -0.05) is 6.07 Å². The molecule has 84 valence electrons. The van der Waals surface area contributed by atoms with Crippen LogP contribution >= 0.6 is 0 Å². The van der Waals surface area contributed by atoms with Gasteiger partial charge in [-0.15, -0.1) is 0 Å². The predicted molar refractivity (Wildman–Crippen MR) is 61.2 cm³/mol. The summed E-state index contributed by atoms with van der Waals surface area (Å²) in [5.41, 5.74) is 0.709. The van der Waals surface area contributed by atoms with Gasteiger partial charge in [-0.05, 0) is 18.3 Å². The molecular weight excluding hydrogens is 208 g/mol. The normalized spacial score (nSPS) is 10.4. The smallest absolute Gasteiger partial charge is 0.277 e. The van der Waals surface area contributed by atoms with E-state index in [0.29, 0.717) is 17.4 Å². The lowest BCUT2D eigenvalue weighted by atomic mass is 10.1. The van der Waals surface area contributed by atoms with E-state index >= 15 is 0 Å². The third kappa shape index (κ3) is 2.91. The fourth-order valence-corrected chi connectivity index (χ4v) is 1.16. The molecule has 1 rings (SSSR count). The summed E-state index contributed by atoms with van der Waals surface area (Å²) in [5.74, 6) is 0. The number of carbonyl (C=O) groups is 1. The highest BCUT2D eigenvalue weighted by molar-refractivity contribution is 5.78. The maximum Gasteiger partial charge on any atom is 0.277 e. The fraction of sp³-hybridized carbons (Fsp3) is 0.182. The molecule has 5 heteroatoms. The van der Waals surface area contributed by atoms with Crippen molar-refractivity contribution in [3.63, 3.8) is 0 Å². The largest absolute Gasteiger partial charge is 0.383 e. The van der Waals surface area contributed by atoms with Crippen LogP contribution in [0.2, 0.25) is 0 Å². The molecule has 0 aliphatic carbocycles. The molecular formula is C11H12N2O3. The van der Waals surface area contributed by atoms with Gasteiger partial charge in [0, 0.05) is 25.7 Å². The number of hydrogen-bond acceptors (Lipinski definition) is 4. The van der Waals surface area contributed by atoms with Crippen LogP contribution in [0, 0.1) is 10.1 Å². The zero-order valence-electron chi connectivity index (χ0n) is 9.08. The van der Waals surface area contributed by atoms with E-state index in [1.54, 1.807) is 29.3 Å². The van der Waals surface area contributed by atoms with Crippen molar-refractivity contribution < 1.29 is 9.72 Å². The van der Waals surface area contributed by atoms with Crippen LogP contribution in [-0.4, -0.2) is 30.2 Å². The van der Waals surface area contributed by atoms with Gasteiger partial charge in [-0.3, -0.25) is 14.9 Å². The summed E-state index contributed by atoms with van der Waals surface area (Å²) in [5, 5.41) is 10.8. The number of benzene rings is 1. The van der Waals surface area contributed by atoms with E-state index in [0.717, 1.165) is 0 Å².